The molecule has 1 spiro atoms. The first-order valence-electron chi connectivity index (χ1n) is 11.1. The number of pyridine rings is 1. The molecule has 10 heteroatoms. The molecule has 1 aromatic rings. The van der Waals surface area contributed by atoms with Crippen molar-refractivity contribution in [2.24, 2.45) is 4.99 Å². The van der Waals surface area contributed by atoms with Crippen molar-refractivity contribution in [1.29, 1.82) is 0 Å². The van der Waals surface area contributed by atoms with Gasteiger partial charge in [-0.15, -0.1) is 11.8 Å². The Kier molecular flexibility index (Phi) is 5.47. The normalized spacial score (nSPS) is 28.8. The summed E-state index contributed by atoms with van der Waals surface area (Å²) in [4.78, 5) is 10.7. The molecule has 31 heavy (non-hydrogen) atoms. The van der Waals surface area contributed by atoms with Crippen LogP contribution in [0.2, 0.25) is 24.7 Å². The zero-order valence-corrected chi connectivity index (χ0v) is 21.8. The molecule has 1 fully saturated rings. The van der Waals surface area contributed by atoms with Gasteiger partial charge in [0.05, 0.1) is 6.61 Å². The monoisotopic (exact) mass is 487 g/mol. The molecule has 0 radical (unpaired) electrons. The van der Waals surface area contributed by atoms with E-state index in [9.17, 15) is 4.39 Å². The fourth-order valence-electron chi connectivity index (χ4n) is 4.27. The minimum absolute atomic E-state index is 0.121. The Hall–Kier alpha value is -1.03. The van der Waals surface area contributed by atoms with Gasteiger partial charge < -0.3 is 19.4 Å². The average molecular weight is 488 g/mol. The van der Waals surface area contributed by atoms with Crippen molar-refractivity contribution in [3.63, 3.8) is 0 Å². The van der Waals surface area contributed by atoms with Gasteiger partial charge in [0, 0.05) is 25.1 Å². The summed E-state index contributed by atoms with van der Waals surface area (Å²) in [7, 11) is 0.0958. The predicted molar refractivity (Wildman–Crippen MR) is 126 cm³/mol. The third kappa shape index (κ3) is 3.85. The first-order chi connectivity index (χ1) is 14.8. The van der Waals surface area contributed by atoms with Crippen molar-refractivity contribution < 1.29 is 15.0 Å². The van der Waals surface area contributed by atoms with E-state index in [0.717, 1.165) is 19.3 Å². The Morgan fingerprint density at radius 3 is 2.71 bits per heavy atom. The molecule has 172 valence electrons. The van der Waals surface area contributed by atoms with Crippen LogP contribution in [0, 0.1) is 5.82 Å². The van der Waals surface area contributed by atoms with Gasteiger partial charge in [0.1, 0.15) is 16.4 Å². The molecule has 1 aliphatic carbocycles. The van der Waals surface area contributed by atoms with Gasteiger partial charge in [-0.25, -0.2) is 9.38 Å². The van der Waals surface area contributed by atoms with Gasteiger partial charge >= 0.3 is 0 Å². The van der Waals surface area contributed by atoms with E-state index in [1.807, 2.05) is 13.3 Å². The van der Waals surface area contributed by atoms with E-state index in [-0.39, 0.29) is 33.1 Å². The van der Waals surface area contributed by atoms with Crippen LogP contribution in [0.4, 0.5) is 4.39 Å². The van der Waals surface area contributed by atoms with Gasteiger partial charge in [-0.2, -0.15) is 4.98 Å². The molecule has 1 N–H and O–H groups in total. The highest BCUT2D eigenvalue weighted by atomic mass is 35.5. The van der Waals surface area contributed by atoms with Crippen LogP contribution in [-0.4, -0.2) is 55.3 Å². The van der Waals surface area contributed by atoms with Gasteiger partial charge in [-0.1, -0.05) is 32.4 Å². The maximum Gasteiger partial charge on any atom is 0.228 e. The van der Waals surface area contributed by atoms with Crippen LogP contribution in [0.3, 0.4) is 0 Å². The Morgan fingerprint density at radius 2 is 2.10 bits per heavy atom. The summed E-state index contributed by atoms with van der Waals surface area (Å²) in [5.74, 6) is 0.115. The van der Waals surface area contributed by atoms with Crippen LogP contribution < -0.4 is 20.6 Å². The second kappa shape index (κ2) is 7.78. The van der Waals surface area contributed by atoms with E-state index in [1.165, 1.54) is 17.1 Å². The van der Waals surface area contributed by atoms with E-state index in [2.05, 4.69) is 48.7 Å². The molecule has 0 bridgehead atoms. The van der Waals surface area contributed by atoms with Crippen LogP contribution >= 0.6 is 23.4 Å². The van der Waals surface area contributed by atoms with Crippen molar-refractivity contribution >= 4 is 37.5 Å². The fraction of sp³-hybridized carbons (Fsp3) is 0.714. The first-order valence-corrected chi connectivity index (χ1v) is 15.2. The Bertz CT molecular complexity index is 1050. The number of halogens is 2. The molecule has 4 rings (SSSR count). The van der Waals surface area contributed by atoms with Crippen LogP contribution in [0.15, 0.2) is 4.99 Å². The molecule has 1 atom stereocenters. The third-order valence-electron chi connectivity index (χ3n) is 7.26. The summed E-state index contributed by atoms with van der Waals surface area (Å²) in [5, 5.41) is 1.75. The number of hydrogen-bond acceptors (Lipinski definition) is 7. The van der Waals surface area contributed by atoms with E-state index in [0.29, 0.717) is 17.6 Å². The molecule has 0 aromatic carbocycles. The highest BCUT2D eigenvalue weighted by Gasteiger charge is 2.52. The molecule has 0 amide bonds. The number of thioether (sulfide) groups is 1. The lowest BCUT2D eigenvalue weighted by molar-refractivity contribution is -0.0480. The van der Waals surface area contributed by atoms with Crippen molar-refractivity contribution in [2.45, 2.75) is 75.3 Å². The summed E-state index contributed by atoms with van der Waals surface area (Å²) in [5.41, 5.74) is -0.816. The van der Waals surface area contributed by atoms with Gasteiger partial charge in [0.15, 0.2) is 26.2 Å². The topological polar surface area (TPSA) is 59.0 Å². The second-order valence-corrected chi connectivity index (χ2v) is 16.2. The highest BCUT2D eigenvalue weighted by Crippen LogP contribution is 2.47. The molecule has 3 aliphatic rings. The van der Waals surface area contributed by atoms with Crippen LogP contribution in [-0.2, 0) is 4.43 Å². The van der Waals surface area contributed by atoms with Crippen molar-refractivity contribution in [3.8, 4) is 5.88 Å². The summed E-state index contributed by atoms with van der Waals surface area (Å²) < 4.78 is 36.4. The zero-order valence-electron chi connectivity index (χ0n) is 20.3. The van der Waals surface area contributed by atoms with Gasteiger partial charge in [-0.05, 0) is 37.2 Å². The molecule has 6 nitrogen and oxygen atoms in total. The summed E-state index contributed by atoms with van der Waals surface area (Å²) >= 11 is 7.41. The average Bonchev–Trinajstić information content (AvgIpc) is 2.66. The largest absolute Gasteiger partial charge is 0.477 e. The lowest BCUT2D eigenvalue weighted by atomic mass is 9.71. The van der Waals surface area contributed by atoms with E-state index in [4.69, 9.17) is 22.2 Å². The quantitative estimate of drug-likeness (QED) is 0.520. The second-order valence-electron chi connectivity index (χ2n) is 10.2. The van der Waals surface area contributed by atoms with E-state index < -0.39 is 19.6 Å². The minimum atomic E-state index is -1.88. The molecule has 1 unspecified atom stereocenters. The number of ether oxygens (including phenoxy) is 1. The van der Waals surface area contributed by atoms with Crippen LogP contribution in [0.1, 0.15) is 40.0 Å². The standard InChI is InChI=1S/C21H32ClFN4O2SSi/c1-20(2,3)31(6,7)29-12-10-21(11-12)8-9-28-18-13-15(14(23)16(22)25-18)24-19(30-5)26-17(13)27(21)4/h12,19,26H,8-11H2,1-7H3/i/hD. The maximum absolute atomic E-state index is 15.0. The maximum atomic E-state index is 15.0. The lowest BCUT2D eigenvalue weighted by Gasteiger charge is -2.57. The smallest absolute Gasteiger partial charge is 0.228 e. The Balaban J connectivity index is 1.76. The fourth-order valence-corrected chi connectivity index (χ4v) is 6.21. The van der Waals surface area contributed by atoms with Crippen molar-refractivity contribution in [1.82, 2.24) is 15.2 Å². The van der Waals surface area contributed by atoms with Crippen LogP contribution in [0.5, 0.6) is 5.88 Å². The summed E-state index contributed by atoms with van der Waals surface area (Å²) in [6.07, 6.45) is 4.45. The number of aromatic nitrogens is 1. The predicted octanol–water partition coefficient (Wildman–Crippen LogP) is 3.45. The summed E-state index contributed by atoms with van der Waals surface area (Å²) in [6.45, 7) is 11.7. The molecular formula is C21H32ClFN4O2SSi. The number of rotatable bonds is 3. The number of nitrogens with one attached hydrogen (secondary N) is 1. The number of hydrogen-bond donors (Lipinski definition) is 1. The minimum Gasteiger partial charge on any atom is -0.477 e. The molecule has 1 aromatic heterocycles. The number of nitrogens with zero attached hydrogens (tertiary/aromatic N) is 3. The van der Waals surface area contributed by atoms with Gasteiger partial charge in [0.2, 0.25) is 5.88 Å². The zero-order chi connectivity index (χ0) is 23.6. The first kappa shape index (κ1) is 21.8. The highest BCUT2D eigenvalue weighted by molar-refractivity contribution is 7.99. The third-order valence-corrected chi connectivity index (χ3v) is 12.7. The molecule has 1 saturated carbocycles. The molecular weight excluding hydrogens is 455 g/mol. The van der Waals surface area contributed by atoms with Crippen LogP contribution in [0.25, 0.3) is 5.82 Å². The van der Waals surface area contributed by atoms with E-state index >= 15 is 0 Å². The van der Waals surface area contributed by atoms with Gasteiger partial charge in [0.25, 0.3) is 0 Å². The molecule has 0 saturated heterocycles. The van der Waals surface area contributed by atoms with Gasteiger partial charge in [-0.3, -0.25) is 0 Å². The molecule has 2 aliphatic heterocycles. The SMILES string of the molecule is [2H]N1C2=c3c(nc(Cl)c(F)c3=NC1SC)OCCC1(CC(O[Si](C)(C)C(C)(C)C)C1)N2C. The summed E-state index contributed by atoms with van der Waals surface area (Å²) in [6, 6.07) is 0. The Morgan fingerprint density at radius 1 is 1.42 bits per heavy atom. The van der Waals surface area contributed by atoms with Crippen molar-refractivity contribution in [2.75, 3.05) is 19.9 Å². The Labute approximate surface area is 195 Å². The van der Waals surface area contributed by atoms with Crippen molar-refractivity contribution in [3.05, 3.63) is 21.5 Å². The van der Waals surface area contributed by atoms with E-state index in [1.54, 1.807) is 0 Å². The lowest BCUT2D eigenvalue weighted by Crippen LogP contribution is -2.64. The molecule has 3 heterocycles.